The van der Waals surface area contributed by atoms with Gasteiger partial charge in [0, 0.05) is 40.0 Å². The number of pyridine rings is 1. The van der Waals surface area contributed by atoms with E-state index in [0.29, 0.717) is 0 Å². The van der Waals surface area contributed by atoms with Crippen LogP contribution in [0.5, 0.6) is 0 Å². The smallest absolute Gasteiger partial charge is 0.0288 e. The van der Waals surface area contributed by atoms with Gasteiger partial charge in [0.15, 0.2) is 0 Å². The van der Waals surface area contributed by atoms with Gasteiger partial charge in [0.25, 0.3) is 0 Å². The van der Waals surface area contributed by atoms with Crippen molar-refractivity contribution in [3.8, 4) is 11.3 Å². The van der Waals surface area contributed by atoms with Crippen LogP contribution in [0.1, 0.15) is 0 Å². The molecule has 2 aromatic heterocycles. The monoisotopic (exact) mass is 353 g/mol. The fraction of sp³-hybridized carbons (Fsp3) is 0.111. The van der Waals surface area contributed by atoms with Crippen molar-refractivity contribution in [2.75, 3.05) is 0 Å². The van der Waals surface area contributed by atoms with Crippen molar-refractivity contribution in [2.24, 2.45) is 7.05 Å². The van der Waals surface area contributed by atoms with Gasteiger partial charge in [-0.25, -0.2) is 5.10 Å². The van der Waals surface area contributed by atoms with E-state index in [1.165, 1.54) is 0 Å². The molecular formula is C9H8N3Pt-. The first-order valence-electron chi connectivity index (χ1n) is 3.68. The van der Waals surface area contributed by atoms with Gasteiger partial charge in [-0.05, 0) is 0 Å². The Balaban J connectivity index is 0.000000845. The predicted octanol–water partition coefficient (Wildman–Crippen LogP) is 1.28. The van der Waals surface area contributed by atoms with Crippen LogP contribution in [0.25, 0.3) is 11.3 Å². The predicted molar refractivity (Wildman–Crippen MR) is 45.3 cm³/mol. The van der Waals surface area contributed by atoms with Crippen LogP contribution < -0.4 is 0 Å². The van der Waals surface area contributed by atoms with Gasteiger partial charge < -0.3 is 4.98 Å². The number of aromatic nitrogens is 3. The summed E-state index contributed by atoms with van der Waals surface area (Å²) >= 11 is 0. The molecule has 13 heavy (non-hydrogen) atoms. The van der Waals surface area contributed by atoms with Crippen LogP contribution in [-0.2, 0) is 28.1 Å². The molecule has 0 unspecified atom stereocenters. The van der Waals surface area contributed by atoms with E-state index in [0.717, 1.165) is 11.3 Å². The third kappa shape index (κ3) is 2.25. The van der Waals surface area contributed by atoms with Gasteiger partial charge >= 0.3 is 0 Å². The average molecular weight is 353 g/mol. The van der Waals surface area contributed by atoms with Gasteiger partial charge in [0.2, 0.25) is 0 Å². The van der Waals surface area contributed by atoms with Gasteiger partial charge in [0.05, 0.1) is 0 Å². The first-order valence-corrected chi connectivity index (χ1v) is 3.68. The number of nitrogens with zero attached hydrogens (tertiary/aromatic N) is 3. The second-order valence-electron chi connectivity index (χ2n) is 2.53. The van der Waals surface area contributed by atoms with Crippen molar-refractivity contribution in [1.82, 2.24) is 14.8 Å². The molecule has 0 radical (unpaired) electrons. The molecule has 0 fully saturated rings. The van der Waals surface area contributed by atoms with Crippen molar-refractivity contribution < 1.29 is 21.1 Å². The number of rotatable bonds is 1. The summed E-state index contributed by atoms with van der Waals surface area (Å²) in [5.74, 6) is 0. The van der Waals surface area contributed by atoms with Gasteiger partial charge in [-0.2, -0.15) is 0 Å². The zero-order valence-electron chi connectivity index (χ0n) is 7.04. The summed E-state index contributed by atoms with van der Waals surface area (Å²) in [4.78, 5) is 3.99. The molecular weight excluding hydrogens is 345 g/mol. The van der Waals surface area contributed by atoms with E-state index >= 15 is 0 Å². The third-order valence-corrected chi connectivity index (χ3v) is 1.59. The van der Waals surface area contributed by atoms with Crippen LogP contribution in [0.15, 0.2) is 30.7 Å². The quantitative estimate of drug-likeness (QED) is 0.724. The number of hydrogen-bond donors (Lipinski definition) is 0. The normalized spacial score (nSPS) is 9.31. The zero-order valence-corrected chi connectivity index (χ0v) is 9.32. The second kappa shape index (κ2) is 4.33. The second-order valence-corrected chi connectivity index (χ2v) is 2.53. The molecule has 0 aliphatic heterocycles. The van der Waals surface area contributed by atoms with Crippen molar-refractivity contribution in [1.29, 1.82) is 0 Å². The minimum absolute atomic E-state index is 0. The molecule has 0 amide bonds. The van der Waals surface area contributed by atoms with E-state index in [1.54, 1.807) is 23.1 Å². The van der Waals surface area contributed by atoms with Gasteiger partial charge in [-0.15, -0.1) is 17.7 Å². The molecule has 0 spiro atoms. The molecule has 2 aromatic rings. The summed E-state index contributed by atoms with van der Waals surface area (Å²) in [6.45, 7) is 0. The SMILES string of the molecule is Cn1ccc(-c2[c-]ccnc2)n1.[Pt]. The van der Waals surface area contributed by atoms with Crippen LogP contribution >= 0.6 is 0 Å². The van der Waals surface area contributed by atoms with E-state index in [4.69, 9.17) is 0 Å². The first-order chi connectivity index (χ1) is 5.86. The molecule has 3 nitrogen and oxygen atoms in total. The molecule has 0 aliphatic carbocycles. The number of hydrogen-bond acceptors (Lipinski definition) is 2. The van der Waals surface area contributed by atoms with E-state index in [1.807, 2.05) is 19.3 Å². The molecule has 2 rings (SSSR count). The topological polar surface area (TPSA) is 30.7 Å². The molecule has 0 saturated heterocycles. The van der Waals surface area contributed by atoms with E-state index in [-0.39, 0.29) is 21.1 Å². The Morgan fingerprint density at radius 2 is 2.31 bits per heavy atom. The fourth-order valence-corrected chi connectivity index (χ4v) is 1.02. The Bertz CT molecular complexity index is 369. The molecule has 2 heterocycles. The van der Waals surface area contributed by atoms with Crippen LogP contribution in [0.3, 0.4) is 0 Å². The van der Waals surface area contributed by atoms with E-state index in [2.05, 4.69) is 16.1 Å². The van der Waals surface area contributed by atoms with Crippen molar-refractivity contribution in [3.05, 3.63) is 36.8 Å². The molecule has 0 saturated carbocycles. The Hall–Kier alpha value is -0.952. The van der Waals surface area contributed by atoms with Crippen LogP contribution in [0, 0.1) is 6.07 Å². The van der Waals surface area contributed by atoms with Crippen molar-refractivity contribution in [3.63, 3.8) is 0 Å². The summed E-state index contributed by atoms with van der Waals surface area (Å²) in [5, 5.41) is 4.23. The zero-order chi connectivity index (χ0) is 8.39. The molecule has 0 aliphatic rings. The minimum atomic E-state index is 0. The first kappa shape index (κ1) is 10.1. The molecule has 70 valence electrons. The summed E-state index contributed by atoms with van der Waals surface area (Å²) < 4.78 is 1.76. The molecule has 0 N–H and O–H groups in total. The van der Waals surface area contributed by atoms with E-state index in [9.17, 15) is 0 Å². The van der Waals surface area contributed by atoms with Gasteiger partial charge in [0.1, 0.15) is 0 Å². The van der Waals surface area contributed by atoms with Crippen molar-refractivity contribution in [2.45, 2.75) is 0 Å². The van der Waals surface area contributed by atoms with E-state index < -0.39 is 0 Å². The third-order valence-electron chi connectivity index (χ3n) is 1.59. The summed E-state index contributed by atoms with van der Waals surface area (Å²) in [6, 6.07) is 6.78. The summed E-state index contributed by atoms with van der Waals surface area (Å²) in [6.07, 6.45) is 5.35. The van der Waals surface area contributed by atoms with Crippen LogP contribution in [-0.4, -0.2) is 14.8 Å². The molecule has 4 heteroatoms. The minimum Gasteiger partial charge on any atom is -0.360 e. The Morgan fingerprint density at radius 3 is 2.85 bits per heavy atom. The average Bonchev–Trinajstić information content (AvgIpc) is 2.54. The Kier molecular flexibility index (Phi) is 3.38. The maximum absolute atomic E-state index is 4.23. The molecule has 0 aromatic carbocycles. The molecule has 0 atom stereocenters. The fourth-order valence-electron chi connectivity index (χ4n) is 1.02. The largest absolute Gasteiger partial charge is 0.360 e. The maximum atomic E-state index is 4.23. The summed E-state index contributed by atoms with van der Waals surface area (Å²) in [5.41, 5.74) is 1.84. The van der Waals surface area contributed by atoms with Crippen LogP contribution in [0.2, 0.25) is 0 Å². The Morgan fingerprint density at radius 1 is 1.46 bits per heavy atom. The summed E-state index contributed by atoms with van der Waals surface area (Å²) in [7, 11) is 1.89. The van der Waals surface area contributed by atoms with Crippen molar-refractivity contribution >= 4 is 0 Å². The molecule has 0 bridgehead atoms. The maximum Gasteiger partial charge on any atom is 0.0288 e. The standard InChI is InChI=1S/C9H8N3.Pt/c1-12-6-4-9(11-12)8-3-2-5-10-7-8;/h2,4-7H,1H3;/q-1;. The van der Waals surface area contributed by atoms with Gasteiger partial charge in [-0.3, -0.25) is 4.68 Å². The van der Waals surface area contributed by atoms with Crippen LogP contribution in [0.4, 0.5) is 0 Å². The Labute approximate surface area is 91.1 Å². The van der Waals surface area contributed by atoms with Gasteiger partial charge in [-0.1, -0.05) is 18.5 Å². The number of aryl methyl sites for hydroxylation is 1.